The van der Waals surface area contributed by atoms with E-state index in [1.807, 2.05) is 6.92 Å². The largest absolute Gasteiger partial charge is 0.398 e. The van der Waals surface area contributed by atoms with E-state index >= 15 is 0 Å². The van der Waals surface area contributed by atoms with Gasteiger partial charge in [0.1, 0.15) is 4.90 Å². The molecular weight excluding hydrogens is 319 g/mol. The highest BCUT2D eigenvalue weighted by Crippen LogP contribution is 2.36. The normalized spacial score (nSPS) is 24.8. The molecular formula is C13H18Cl2N2O2S. The maximum Gasteiger partial charge on any atom is 0.246 e. The van der Waals surface area contributed by atoms with Gasteiger partial charge < -0.3 is 5.73 Å². The lowest BCUT2D eigenvalue weighted by molar-refractivity contribution is 0.220. The van der Waals surface area contributed by atoms with Crippen LogP contribution in [0.15, 0.2) is 17.0 Å². The molecule has 0 aliphatic carbocycles. The van der Waals surface area contributed by atoms with Crippen LogP contribution in [0.4, 0.5) is 5.69 Å². The summed E-state index contributed by atoms with van der Waals surface area (Å²) >= 11 is 11.9. The Morgan fingerprint density at radius 1 is 1.30 bits per heavy atom. The molecule has 7 heteroatoms. The number of sulfonamides is 1. The minimum absolute atomic E-state index is 0.0371. The molecule has 20 heavy (non-hydrogen) atoms. The second-order valence-electron chi connectivity index (χ2n) is 5.40. The second kappa shape index (κ2) is 5.72. The van der Waals surface area contributed by atoms with Gasteiger partial charge in [0.15, 0.2) is 0 Å². The Hall–Kier alpha value is -0.490. The lowest BCUT2D eigenvalue weighted by Crippen LogP contribution is -2.44. The van der Waals surface area contributed by atoms with Gasteiger partial charge in [-0.25, -0.2) is 8.42 Å². The molecule has 0 spiro atoms. The van der Waals surface area contributed by atoms with E-state index in [-0.39, 0.29) is 21.6 Å². The number of piperidine rings is 1. The van der Waals surface area contributed by atoms with Gasteiger partial charge >= 0.3 is 0 Å². The zero-order valence-electron chi connectivity index (χ0n) is 11.4. The third-order valence-corrected chi connectivity index (χ3v) is 6.44. The number of rotatable bonds is 2. The average molecular weight is 337 g/mol. The van der Waals surface area contributed by atoms with Crippen molar-refractivity contribution in [2.75, 3.05) is 12.3 Å². The number of nitrogen functional groups attached to an aromatic ring is 1. The molecule has 1 heterocycles. The van der Waals surface area contributed by atoms with Crippen molar-refractivity contribution >= 4 is 38.9 Å². The van der Waals surface area contributed by atoms with E-state index in [2.05, 4.69) is 6.92 Å². The Balaban J connectivity index is 2.46. The van der Waals surface area contributed by atoms with Crippen molar-refractivity contribution in [2.24, 2.45) is 5.92 Å². The van der Waals surface area contributed by atoms with E-state index < -0.39 is 10.0 Å². The Bertz CT molecular complexity index is 596. The SMILES string of the molecule is CC1CCN(S(=O)(=O)c2c(N)cc(Cl)cc2Cl)C(C)C1. The quantitative estimate of drug-likeness (QED) is 0.842. The third-order valence-electron chi connectivity index (χ3n) is 3.68. The standard InChI is InChI=1S/C13H18Cl2N2O2S/c1-8-3-4-17(9(2)5-8)20(18,19)13-11(15)6-10(14)7-12(13)16/h6-9H,3-5,16H2,1-2H3. The van der Waals surface area contributed by atoms with Crippen molar-refractivity contribution in [3.63, 3.8) is 0 Å². The van der Waals surface area contributed by atoms with Crippen LogP contribution in [0, 0.1) is 5.92 Å². The van der Waals surface area contributed by atoms with Crippen molar-refractivity contribution in [2.45, 2.75) is 37.6 Å². The molecule has 2 unspecified atom stereocenters. The number of anilines is 1. The summed E-state index contributed by atoms with van der Waals surface area (Å²) in [5, 5.41) is 0.396. The number of hydrogen-bond donors (Lipinski definition) is 1. The van der Waals surface area contributed by atoms with Crippen LogP contribution in [0.1, 0.15) is 26.7 Å². The van der Waals surface area contributed by atoms with Crippen molar-refractivity contribution in [3.8, 4) is 0 Å². The highest BCUT2D eigenvalue weighted by atomic mass is 35.5. The molecule has 1 fully saturated rings. The molecule has 1 aromatic carbocycles. The summed E-state index contributed by atoms with van der Waals surface area (Å²) in [4.78, 5) is -0.0371. The zero-order valence-corrected chi connectivity index (χ0v) is 13.8. The van der Waals surface area contributed by atoms with Crippen LogP contribution >= 0.6 is 23.2 Å². The van der Waals surface area contributed by atoms with Crippen LogP contribution in [-0.4, -0.2) is 25.3 Å². The van der Waals surface area contributed by atoms with Gasteiger partial charge in [0.2, 0.25) is 10.0 Å². The zero-order chi connectivity index (χ0) is 15.1. The first-order chi connectivity index (χ1) is 9.23. The van der Waals surface area contributed by atoms with Gasteiger partial charge in [-0.05, 0) is 37.8 Å². The van der Waals surface area contributed by atoms with Crippen molar-refractivity contribution in [1.82, 2.24) is 4.31 Å². The van der Waals surface area contributed by atoms with Crippen LogP contribution in [0.2, 0.25) is 10.0 Å². The summed E-state index contributed by atoms with van der Waals surface area (Å²) in [7, 11) is -3.70. The minimum atomic E-state index is -3.70. The molecule has 0 amide bonds. The smallest absolute Gasteiger partial charge is 0.246 e. The second-order valence-corrected chi connectivity index (χ2v) is 8.07. The Morgan fingerprint density at radius 3 is 2.50 bits per heavy atom. The van der Waals surface area contributed by atoms with Crippen LogP contribution in [-0.2, 0) is 10.0 Å². The Morgan fingerprint density at radius 2 is 1.95 bits per heavy atom. The first-order valence-electron chi connectivity index (χ1n) is 6.50. The Kier molecular flexibility index (Phi) is 4.54. The van der Waals surface area contributed by atoms with E-state index in [0.717, 1.165) is 12.8 Å². The van der Waals surface area contributed by atoms with Crippen LogP contribution < -0.4 is 5.73 Å². The number of nitrogens with two attached hydrogens (primary N) is 1. The molecule has 0 aromatic heterocycles. The molecule has 2 rings (SSSR count). The first kappa shape index (κ1) is 15.9. The summed E-state index contributed by atoms with van der Waals surface area (Å²) in [6, 6.07) is 2.76. The lowest BCUT2D eigenvalue weighted by Gasteiger charge is -2.35. The van der Waals surface area contributed by atoms with Gasteiger partial charge in [-0.3, -0.25) is 0 Å². The minimum Gasteiger partial charge on any atom is -0.398 e. The molecule has 1 aliphatic heterocycles. The van der Waals surface area contributed by atoms with Crippen molar-refractivity contribution in [1.29, 1.82) is 0 Å². The van der Waals surface area contributed by atoms with Crippen LogP contribution in [0.25, 0.3) is 0 Å². The molecule has 4 nitrogen and oxygen atoms in total. The summed E-state index contributed by atoms with van der Waals surface area (Å²) in [6.45, 7) is 4.53. The summed E-state index contributed by atoms with van der Waals surface area (Å²) < 4.78 is 27.0. The van der Waals surface area contributed by atoms with E-state index in [1.165, 1.54) is 16.4 Å². The summed E-state index contributed by atoms with van der Waals surface area (Å²) in [5.74, 6) is 0.523. The van der Waals surface area contributed by atoms with E-state index in [1.54, 1.807) is 0 Å². The van der Waals surface area contributed by atoms with Gasteiger partial charge in [0.25, 0.3) is 0 Å². The molecule has 1 aromatic rings. The Labute approximate surface area is 129 Å². The van der Waals surface area contributed by atoms with E-state index in [9.17, 15) is 8.42 Å². The number of hydrogen-bond acceptors (Lipinski definition) is 3. The molecule has 0 radical (unpaired) electrons. The first-order valence-corrected chi connectivity index (χ1v) is 8.69. The molecule has 112 valence electrons. The van der Waals surface area contributed by atoms with Gasteiger partial charge in [0, 0.05) is 17.6 Å². The number of halogens is 2. The van der Waals surface area contributed by atoms with Crippen molar-refractivity contribution in [3.05, 3.63) is 22.2 Å². The van der Waals surface area contributed by atoms with Gasteiger partial charge in [0.05, 0.1) is 10.7 Å². The van der Waals surface area contributed by atoms with Crippen LogP contribution in [0.3, 0.4) is 0 Å². The van der Waals surface area contributed by atoms with Gasteiger partial charge in [-0.1, -0.05) is 30.1 Å². The van der Waals surface area contributed by atoms with Gasteiger partial charge in [-0.2, -0.15) is 4.31 Å². The van der Waals surface area contributed by atoms with E-state index in [4.69, 9.17) is 28.9 Å². The fourth-order valence-corrected chi connectivity index (χ4v) is 5.32. The molecule has 2 N–H and O–H groups in total. The van der Waals surface area contributed by atoms with Crippen molar-refractivity contribution < 1.29 is 8.42 Å². The number of benzene rings is 1. The summed E-state index contributed by atoms with van der Waals surface area (Å²) in [6.07, 6.45) is 1.68. The summed E-state index contributed by atoms with van der Waals surface area (Å²) in [5.41, 5.74) is 5.90. The predicted octanol–water partition coefficient (Wildman–Crippen LogP) is 3.38. The molecule has 0 saturated carbocycles. The van der Waals surface area contributed by atoms with E-state index in [0.29, 0.717) is 17.5 Å². The molecule has 1 saturated heterocycles. The molecule has 1 aliphatic rings. The maximum atomic E-state index is 12.8. The maximum absolute atomic E-state index is 12.8. The topological polar surface area (TPSA) is 63.4 Å². The fraction of sp³-hybridized carbons (Fsp3) is 0.538. The molecule has 2 atom stereocenters. The number of nitrogens with zero attached hydrogens (tertiary/aromatic N) is 1. The average Bonchev–Trinajstić information content (AvgIpc) is 2.25. The fourth-order valence-electron chi connectivity index (χ4n) is 2.71. The molecule has 0 bridgehead atoms. The predicted molar refractivity (Wildman–Crippen MR) is 82.6 cm³/mol. The highest BCUT2D eigenvalue weighted by molar-refractivity contribution is 7.89. The lowest BCUT2D eigenvalue weighted by atomic mass is 9.95. The highest BCUT2D eigenvalue weighted by Gasteiger charge is 2.35. The monoisotopic (exact) mass is 336 g/mol. The van der Waals surface area contributed by atoms with Gasteiger partial charge in [-0.15, -0.1) is 0 Å². The van der Waals surface area contributed by atoms with Crippen LogP contribution in [0.5, 0.6) is 0 Å². The third kappa shape index (κ3) is 2.91.